The molecule has 1 N–H and O–H groups in total. The van der Waals surface area contributed by atoms with E-state index in [1.165, 1.54) is 21.1 Å². The van der Waals surface area contributed by atoms with Crippen molar-refractivity contribution >= 4 is 21.6 Å². The predicted octanol–water partition coefficient (Wildman–Crippen LogP) is 3.11. The number of hydrogen-bond acceptors (Lipinski definition) is 5. The monoisotopic (exact) mass is 423 g/mol. The van der Waals surface area contributed by atoms with Gasteiger partial charge in [-0.1, -0.05) is 13.8 Å². The summed E-state index contributed by atoms with van der Waals surface area (Å²) in [5, 5.41) is 2.79. The molecule has 0 atom stereocenters. The zero-order valence-corrected chi connectivity index (χ0v) is 18.4. The van der Waals surface area contributed by atoms with E-state index < -0.39 is 15.9 Å². The highest BCUT2D eigenvalue weighted by Crippen LogP contribution is 2.31. The Bertz CT molecular complexity index is 949. The molecule has 1 aromatic carbocycles. The molecule has 0 aliphatic carbocycles. The summed E-state index contributed by atoms with van der Waals surface area (Å²) >= 11 is 0. The lowest BCUT2D eigenvalue weighted by molar-refractivity contribution is 0.101. The fourth-order valence-corrected chi connectivity index (χ4v) is 4.47. The third-order valence-corrected chi connectivity index (χ3v) is 6.37. The van der Waals surface area contributed by atoms with E-state index in [0.29, 0.717) is 43.5 Å². The molecule has 1 amide bonds. The number of anilines is 1. The molecule has 2 aromatic rings. The van der Waals surface area contributed by atoms with Crippen LogP contribution in [0.25, 0.3) is 0 Å². The number of hydrogen-bond donors (Lipinski definition) is 1. The summed E-state index contributed by atoms with van der Waals surface area (Å²) in [6.45, 7) is 8.98. The lowest BCUT2D eigenvalue weighted by Gasteiger charge is -2.17. The quantitative estimate of drug-likeness (QED) is 0.634. The van der Waals surface area contributed by atoms with Crippen molar-refractivity contribution in [2.45, 2.75) is 32.6 Å². The van der Waals surface area contributed by atoms with Crippen LogP contribution in [-0.2, 0) is 17.1 Å². The van der Waals surface area contributed by atoms with E-state index in [2.05, 4.69) is 5.32 Å². The molecule has 0 saturated heterocycles. The molecule has 160 valence electrons. The summed E-state index contributed by atoms with van der Waals surface area (Å²) in [7, 11) is -2.00. The summed E-state index contributed by atoms with van der Waals surface area (Å²) in [4.78, 5) is 12.8. The number of aromatic nitrogens is 1. The smallest absolute Gasteiger partial charge is 0.272 e. The largest absolute Gasteiger partial charge is 0.490 e. The molecule has 0 radical (unpaired) electrons. The second-order valence-electron chi connectivity index (χ2n) is 6.24. The minimum atomic E-state index is -3.64. The van der Waals surface area contributed by atoms with Gasteiger partial charge in [0, 0.05) is 38.1 Å². The fraction of sp³-hybridized carbons (Fsp3) is 0.450. The average Bonchev–Trinajstić information content (AvgIpc) is 3.08. The highest BCUT2D eigenvalue weighted by molar-refractivity contribution is 7.89. The predicted molar refractivity (Wildman–Crippen MR) is 112 cm³/mol. The molecule has 0 aliphatic heterocycles. The van der Waals surface area contributed by atoms with Gasteiger partial charge < -0.3 is 19.4 Å². The molecule has 0 bridgehead atoms. The highest BCUT2D eigenvalue weighted by Gasteiger charge is 2.25. The van der Waals surface area contributed by atoms with Gasteiger partial charge in [-0.2, -0.15) is 4.31 Å². The van der Waals surface area contributed by atoms with E-state index in [1.807, 2.05) is 13.8 Å². The Hall–Kier alpha value is -2.52. The third kappa shape index (κ3) is 5.10. The molecule has 9 heteroatoms. The molecule has 8 nitrogen and oxygen atoms in total. The van der Waals surface area contributed by atoms with Crippen LogP contribution in [0.4, 0.5) is 5.69 Å². The number of nitrogens with zero attached hydrogens (tertiary/aromatic N) is 2. The third-order valence-electron chi connectivity index (χ3n) is 4.36. The number of rotatable bonds is 10. The maximum absolute atomic E-state index is 12.8. The Morgan fingerprint density at radius 3 is 2.24 bits per heavy atom. The van der Waals surface area contributed by atoms with Gasteiger partial charge in [0.25, 0.3) is 5.91 Å². The number of carbonyl (C=O) groups excluding carboxylic acids is 1. The molecule has 0 unspecified atom stereocenters. The first-order valence-corrected chi connectivity index (χ1v) is 11.1. The van der Waals surface area contributed by atoms with Gasteiger partial charge in [-0.05, 0) is 32.0 Å². The van der Waals surface area contributed by atoms with Gasteiger partial charge in [0.2, 0.25) is 10.0 Å². The van der Waals surface area contributed by atoms with Crippen LogP contribution in [-0.4, -0.2) is 49.5 Å². The first-order valence-electron chi connectivity index (χ1n) is 9.65. The molecule has 0 aliphatic rings. The van der Waals surface area contributed by atoms with Crippen molar-refractivity contribution in [1.29, 1.82) is 0 Å². The van der Waals surface area contributed by atoms with E-state index >= 15 is 0 Å². The van der Waals surface area contributed by atoms with Crippen molar-refractivity contribution in [3.63, 3.8) is 0 Å². The number of amides is 1. The van der Waals surface area contributed by atoms with Crippen LogP contribution in [0.3, 0.4) is 0 Å². The minimum absolute atomic E-state index is 0.0931. The van der Waals surface area contributed by atoms with Gasteiger partial charge in [0.1, 0.15) is 10.6 Å². The fourth-order valence-electron chi connectivity index (χ4n) is 2.94. The van der Waals surface area contributed by atoms with Gasteiger partial charge in [0.15, 0.2) is 11.5 Å². The van der Waals surface area contributed by atoms with E-state index in [-0.39, 0.29) is 10.6 Å². The molecule has 0 saturated carbocycles. The first kappa shape index (κ1) is 22.8. The van der Waals surface area contributed by atoms with Crippen LogP contribution in [0, 0.1) is 0 Å². The summed E-state index contributed by atoms with van der Waals surface area (Å²) in [5.74, 6) is 0.711. The summed E-state index contributed by atoms with van der Waals surface area (Å²) in [6, 6.07) is 6.51. The topological polar surface area (TPSA) is 89.9 Å². The Labute approximate surface area is 172 Å². The molecule has 1 aromatic heterocycles. The average molecular weight is 424 g/mol. The Balaban J connectivity index is 2.28. The van der Waals surface area contributed by atoms with E-state index in [4.69, 9.17) is 9.47 Å². The number of sulfonamides is 1. The van der Waals surface area contributed by atoms with Crippen molar-refractivity contribution < 1.29 is 22.7 Å². The van der Waals surface area contributed by atoms with Gasteiger partial charge in [-0.25, -0.2) is 8.42 Å². The second kappa shape index (κ2) is 9.80. The number of nitrogens with one attached hydrogen (secondary N) is 1. The van der Waals surface area contributed by atoms with Gasteiger partial charge in [0.05, 0.1) is 13.2 Å². The van der Waals surface area contributed by atoms with Gasteiger partial charge in [-0.15, -0.1) is 0 Å². The Kier molecular flexibility index (Phi) is 7.69. The van der Waals surface area contributed by atoms with Crippen LogP contribution >= 0.6 is 0 Å². The van der Waals surface area contributed by atoms with Crippen molar-refractivity contribution in [2.24, 2.45) is 7.05 Å². The Morgan fingerprint density at radius 2 is 1.66 bits per heavy atom. The number of carbonyl (C=O) groups is 1. The molecular weight excluding hydrogens is 394 g/mol. The van der Waals surface area contributed by atoms with Gasteiger partial charge in [-0.3, -0.25) is 4.79 Å². The molecule has 1 heterocycles. The number of benzene rings is 1. The number of aryl methyl sites for hydroxylation is 1. The standard InChI is InChI=1S/C20H29N3O5S/c1-6-23(7-2)29(25,26)16-13-17(22(5)14-16)20(24)21-15-10-11-18(27-8-3)19(12-15)28-9-4/h10-14H,6-9H2,1-5H3,(H,21,24). The van der Waals surface area contributed by atoms with Gasteiger partial charge >= 0.3 is 0 Å². The molecule has 0 spiro atoms. The number of ether oxygens (including phenoxy) is 2. The summed E-state index contributed by atoms with van der Waals surface area (Å²) < 4.78 is 39.4. The highest BCUT2D eigenvalue weighted by atomic mass is 32.2. The van der Waals surface area contributed by atoms with Crippen LogP contribution in [0.15, 0.2) is 35.4 Å². The van der Waals surface area contributed by atoms with E-state index in [0.717, 1.165) is 0 Å². The molecule has 29 heavy (non-hydrogen) atoms. The molecule has 2 rings (SSSR count). The van der Waals surface area contributed by atoms with Crippen molar-refractivity contribution in [2.75, 3.05) is 31.6 Å². The second-order valence-corrected chi connectivity index (χ2v) is 8.18. The summed E-state index contributed by atoms with van der Waals surface area (Å²) in [5.41, 5.74) is 0.763. The zero-order chi connectivity index (χ0) is 21.6. The lowest BCUT2D eigenvalue weighted by Crippen LogP contribution is -2.30. The molecule has 0 fully saturated rings. The van der Waals surface area contributed by atoms with Crippen molar-refractivity contribution in [1.82, 2.24) is 8.87 Å². The van der Waals surface area contributed by atoms with E-state index in [1.54, 1.807) is 39.1 Å². The minimum Gasteiger partial charge on any atom is -0.490 e. The first-order chi connectivity index (χ1) is 13.8. The Morgan fingerprint density at radius 1 is 1.03 bits per heavy atom. The normalized spacial score (nSPS) is 11.5. The maximum atomic E-state index is 12.8. The van der Waals surface area contributed by atoms with Crippen molar-refractivity contribution in [3.8, 4) is 11.5 Å². The molecular formula is C20H29N3O5S. The SMILES string of the molecule is CCOc1ccc(NC(=O)c2cc(S(=O)(=O)N(CC)CC)cn2C)cc1OCC. The van der Waals surface area contributed by atoms with E-state index in [9.17, 15) is 13.2 Å². The van der Waals surface area contributed by atoms with Crippen LogP contribution < -0.4 is 14.8 Å². The van der Waals surface area contributed by atoms with Crippen molar-refractivity contribution in [3.05, 3.63) is 36.2 Å². The lowest BCUT2D eigenvalue weighted by atomic mass is 10.2. The maximum Gasteiger partial charge on any atom is 0.272 e. The van der Waals surface area contributed by atoms with Crippen LogP contribution in [0.5, 0.6) is 11.5 Å². The van der Waals surface area contributed by atoms with Crippen LogP contribution in [0.2, 0.25) is 0 Å². The summed E-state index contributed by atoms with van der Waals surface area (Å²) in [6.07, 6.45) is 1.45. The van der Waals surface area contributed by atoms with Crippen LogP contribution in [0.1, 0.15) is 38.2 Å². The zero-order valence-electron chi connectivity index (χ0n) is 17.6.